The average Bonchev–Trinajstić information content (AvgIpc) is 3.16. The molecular weight excluding hydrogens is 415 g/mol. The van der Waals surface area contributed by atoms with Gasteiger partial charge in [0.05, 0.1) is 26.8 Å². The molecule has 140 valence electrons. The smallest absolute Gasteiger partial charge is 0.258 e. The molecule has 1 amide bonds. The van der Waals surface area contributed by atoms with Crippen molar-refractivity contribution in [2.24, 2.45) is 0 Å². The molecule has 0 saturated carbocycles. The number of benzene rings is 2. The van der Waals surface area contributed by atoms with Crippen LogP contribution in [0.2, 0.25) is 10.0 Å². The lowest BCUT2D eigenvalue weighted by Crippen LogP contribution is -2.13. The van der Waals surface area contributed by atoms with Crippen LogP contribution in [0.1, 0.15) is 22.3 Å². The third-order valence-electron chi connectivity index (χ3n) is 4.17. The molecule has 0 aliphatic carbocycles. The molecule has 2 aromatic carbocycles. The minimum atomic E-state index is -0.265. The summed E-state index contributed by atoms with van der Waals surface area (Å²) in [5.41, 5.74) is 2.62. The van der Waals surface area contributed by atoms with Crippen LogP contribution in [0.3, 0.4) is 0 Å². The zero-order chi connectivity index (χ0) is 19.7. The maximum atomic E-state index is 13.0. The first-order valence-corrected chi connectivity index (χ1v) is 10.1. The first kappa shape index (κ1) is 18.8. The van der Waals surface area contributed by atoms with Crippen molar-refractivity contribution in [3.8, 4) is 11.3 Å². The highest BCUT2D eigenvalue weighted by atomic mass is 35.5. The highest BCUT2D eigenvalue weighted by Crippen LogP contribution is 2.30. The van der Waals surface area contributed by atoms with Gasteiger partial charge in [-0.15, -0.1) is 10.2 Å². The molecule has 0 radical (unpaired) electrons. The van der Waals surface area contributed by atoms with Crippen molar-refractivity contribution >= 4 is 56.5 Å². The van der Waals surface area contributed by atoms with Gasteiger partial charge in [-0.25, -0.2) is 4.98 Å². The van der Waals surface area contributed by atoms with Crippen LogP contribution in [-0.4, -0.2) is 21.1 Å². The molecule has 4 rings (SSSR count). The summed E-state index contributed by atoms with van der Waals surface area (Å²) in [5, 5.41) is 13.9. The Morgan fingerprint density at radius 2 is 1.89 bits per heavy atom. The van der Waals surface area contributed by atoms with Crippen LogP contribution in [0.4, 0.5) is 5.13 Å². The molecule has 28 heavy (non-hydrogen) atoms. The Morgan fingerprint density at radius 3 is 2.64 bits per heavy atom. The van der Waals surface area contributed by atoms with Crippen LogP contribution in [0.5, 0.6) is 0 Å². The lowest BCUT2D eigenvalue weighted by Gasteiger charge is -2.10. The van der Waals surface area contributed by atoms with E-state index < -0.39 is 0 Å². The molecule has 0 spiro atoms. The number of nitrogens with zero attached hydrogens (tertiary/aromatic N) is 3. The molecule has 5 nitrogen and oxygen atoms in total. The average molecular weight is 429 g/mol. The summed E-state index contributed by atoms with van der Waals surface area (Å²) in [6.45, 7) is 1.99. The van der Waals surface area contributed by atoms with Gasteiger partial charge in [0.15, 0.2) is 0 Å². The van der Waals surface area contributed by atoms with Crippen molar-refractivity contribution < 1.29 is 4.79 Å². The lowest BCUT2D eigenvalue weighted by atomic mass is 10.0. The van der Waals surface area contributed by atoms with E-state index in [0.717, 1.165) is 22.4 Å². The molecule has 2 heterocycles. The number of hydrogen-bond acceptors (Lipinski definition) is 5. The number of halogens is 2. The van der Waals surface area contributed by atoms with Gasteiger partial charge in [-0.2, -0.15) is 0 Å². The zero-order valence-corrected chi connectivity index (χ0v) is 17.1. The Kier molecular flexibility index (Phi) is 5.26. The second-order valence-electron chi connectivity index (χ2n) is 6.01. The van der Waals surface area contributed by atoms with Crippen molar-refractivity contribution in [2.45, 2.75) is 13.3 Å². The Balaban J connectivity index is 1.79. The van der Waals surface area contributed by atoms with E-state index in [2.05, 4.69) is 20.5 Å². The molecule has 0 fully saturated rings. The summed E-state index contributed by atoms with van der Waals surface area (Å²) < 4.78 is 0. The van der Waals surface area contributed by atoms with Crippen LogP contribution in [0.25, 0.3) is 22.2 Å². The minimum Gasteiger partial charge on any atom is -0.296 e. The number of hydrogen-bond donors (Lipinski definition) is 1. The van der Waals surface area contributed by atoms with E-state index in [1.165, 1.54) is 11.3 Å². The van der Waals surface area contributed by atoms with Gasteiger partial charge in [0.2, 0.25) is 5.13 Å². The van der Waals surface area contributed by atoms with Gasteiger partial charge in [0, 0.05) is 10.9 Å². The lowest BCUT2D eigenvalue weighted by molar-refractivity contribution is 0.102. The minimum absolute atomic E-state index is 0.265. The Hall–Kier alpha value is -2.54. The summed E-state index contributed by atoms with van der Waals surface area (Å²) >= 11 is 13.5. The number of pyridine rings is 1. The zero-order valence-electron chi connectivity index (χ0n) is 14.7. The van der Waals surface area contributed by atoms with Crippen molar-refractivity contribution in [2.75, 3.05) is 5.32 Å². The molecule has 0 aliphatic rings. The second kappa shape index (κ2) is 7.83. The van der Waals surface area contributed by atoms with E-state index in [0.29, 0.717) is 32.0 Å². The second-order valence-corrected chi connectivity index (χ2v) is 7.89. The van der Waals surface area contributed by atoms with E-state index >= 15 is 0 Å². The van der Waals surface area contributed by atoms with Crippen molar-refractivity contribution in [3.63, 3.8) is 0 Å². The highest BCUT2D eigenvalue weighted by Gasteiger charge is 2.16. The van der Waals surface area contributed by atoms with Crippen LogP contribution < -0.4 is 5.32 Å². The quantitative estimate of drug-likeness (QED) is 0.440. The SMILES string of the molecule is CCc1nnc(NC(=O)c2cc(-c3ccc(Cl)c(Cl)c3)nc3ccccc23)s1. The number of rotatable bonds is 4. The fraction of sp³-hybridized carbons (Fsp3) is 0.100. The largest absolute Gasteiger partial charge is 0.296 e. The summed E-state index contributed by atoms with van der Waals surface area (Å²) in [4.78, 5) is 17.7. The molecule has 0 atom stereocenters. The number of para-hydroxylation sites is 1. The van der Waals surface area contributed by atoms with Crippen LogP contribution in [0.15, 0.2) is 48.5 Å². The van der Waals surface area contributed by atoms with Gasteiger partial charge in [-0.1, -0.05) is 65.7 Å². The number of aromatic nitrogens is 3. The molecule has 2 aromatic heterocycles. The standard InChI is InChI=1S/C20H14Cl2N4OS/c1-2-18-25-26-20(28-18)24-19(27)13-10-17(11-7-8-14(21)15(22)9-11)23-16-6-4-3-5-12(13)16/h3-10H,2H2,1H3,(H,24,26,27). The maximum Gasteiger partial charge on any atom is 0.258 e. The number of carbonyl (C=O) groups is 1. The summed E-state index contributed by atoms with van der Waals surface area (Å²) in [6, 6.07) is 14.5. The molecule has 8 heteroatoms. The Bertz CT molecular complexity index is 1190. The molecule has 1 N–H and O–H groups in total. The number of fused-ring (bicyclic) bond motifs is 1. The maximum absolute atomic E-state index is 13.0. The van der Waals surface area contributed by atoms with Gasteiger partial charge in [0.25, 0.3) is 5.91 Å². The van der Waals surface area contributed by atoms with Crippen LogP contribution in [0, 0.1) is 0 Å². The summed E-state index contributed by atoms with van der Waals surface area (Å²) in [6.07, 6.45) is 0.771. The van der Waals surface area contributed by atoms with E-state index in [-0.39, 0.29) is 5.91 Å². The monoisotopic (exact) mass is 428 g/mol. The molecule has 0 bridgehead atoms. The van der Waals surface area contributed by atoms with Gasteiger partial charge in [-0.05, 0) is 30.7 Å². The van der Waals surface area contributed by atoms with E-state index in [1.807, 2.05) is 37.3 Å². The van der Waals surface area contributed by atoms with Crippen LogP contribution in [-0.2, 0) is 6.42 Å². The van der Waals surface area contributed by atoms with E-state index in [9.17, 15) is 4.79 Å². The molecule has 4 aromatic rings. The molecule has 0 unspecified atom stereocenters. The number of nitrogens with one attached hydrogen (secondary N) is 1. The number of aryl methyl sites for hydroxylation is 1. The van der Waals surface area contributed by atoms with Crippen molar-refractivity contribution in [1.82, 2.24) is 15.2 Å². The van der Waals surface area contributed by atoms with Gasteiger partial charge in [0.1, 0.15) is 5.01 Å². The Labute approximate surface area is 175 Å². The predicted octanol–water partition coefficient (Wildman–Crippen LogP) is 5.87. The van der Waals surface area contributed by atoms with Gasteiger partial charge in [-0.3, -0.25) is 10.1 Å². The molecule has 0 saturated heterocycles. The summed E-state index contributed by atoms with van der Waals surface area (Å²) in [7, 11) is 0. The number of amides is 1. The van der Waals surface area contributed by atoms with E-state index in [4.69, 9.17) is 23.2 Å². The van der Waals surface area contributed by atoms with Gasteiger partial charge < -0.3 is 0 Å². The van der Waals surface area contributed by atoms with Crippen molar-refractivity contribution in [3.05, 3.63) is 69.1 Å². The fourth-order valence-electron chi connectivity index (χ4n) is 2.78. The third kappa shape index (κ3) is 3.71. The van der Waals surface area contributed by atoms with Crippen LogP contribution >= 0.6 is 34.5 Å². The molecular formula is C20H14Cl2N4OS. The number of carbonyl (C=O) groups excluding carboxylic acids is 1. The number of anilines is 1. The topological polar surface area (TPSA) is 67.8 Å². The van der Waals surface area contributed by atoms with E-state index in [1.54, 1.807) is 18.2 Å². The first-order chi connectivity index (χ1) is 13.5. The normalized spacial score (nSPS) is 11.0. The fourth-order valence-corrected chi connectivity index (χ4v) is 3.75. The molecule has 0 aliphatic heterocycles. The van der Waals surface area contributed by atoms with Crippen molar-refractivity contribution in [1.29, 1.82) is 0 Å². The highest BCUT2D eigenvalue weighted by molar-refractivity contribution is 7.15. The Morgan fingerprint density at radius 1 is 1.07 bits per heavy atom. The predicted molar refractivity (Wildman–Crippen MR) is 114 cm³/mol. The third-order valence-corrected chi connectivity index (χ3v) is 5.89. The summed E-state index contributed by atoms with van der Waals surface area (Å²) in [5.74, 6) is -0.265. The van der Waals surface area contributed by atoms with Gasteiger partial charge >= 0.3 is 0 Å². The first-order valence-electron chi connectivity index (χ1n) is 8.54.